The molecule has 2 aromatic rings. The average molecular weight is 245 g/mol. The van der Waals surface area contributed by atoms with Crippen molar-refractivity contribution >= 4 is 16.8 Å². The van der Waals surface area contributed by atoms with E-state index in [2.05, 4.69) is 20.4 Å². The van der Waals surface area contributed by atoms with Crippen LogP contribution in [-0.2, 0) is 11.8 Å². The fraction of sp³-hybridized carbons (Fsp3) is 0.500. The molecule has 1 aliphatic heterocycles. The minimum absolute atomic E-state index is 0.0599. The Balaban J connectivity index is 2.02. The molecule has 18 heavy (non-hydrogen) atoms. The number of nitrogens with one attached hydrogen (secondary N) is 1. The zero-order valence-electron chi connectivity index (χ0n) is 10.5. The lowest BCUT2D eigenvalue weighted by Gasteiger charge is -2.21. The van der Waals surface area contributed by atoms with Gasteiger partial charge in [0.05, 0.1) is 17.9 Å². The summed E-state index contributed by atoms with van der Waals surface area (Å²) >= 11 is 0. The number of aromatic nitrogens is 4. The van der Waals surface area contributed by atoms with E-state index in [-0.39, 0.29) is 11.8 Å². The number of ketones is 1. The lowest BCUT2D eigenvalue weighted by atomic mass is 10.0. The van der Waals surface area contributed by atoms with E-state index in [9.17, 15) is 4.79 Å². The van der Waals surface area contributed by atoms with Gasteiger partial charge in [-0.05, 0) is 6.92 Å². The second kappa shape index (κ2) is 4.13. The van der Waals surface area contributed by atoms with E-state index in [1.54, 1.807) is 10.9 Å². The lowest BCUT2D eigenvalue weighted by Crippen LogP contribution is -2.33. The fourth-order valence-electron chi connectivity index (χ4n) is 2.36. The Morgan fingerprint density at radius 2 is 2.33 bits per heavy atom. The second-order valence-electron chi connectivity index (χ2n) is 4.67. The van der Waals surface area contributed by atoms with Crippen LogP contribution in [0.3, 0.4) is 0 Å². The molecule has 6 nitrogen and oxygen atoms in total. The topological polar surface area (TPSA) is 72.7 Å². The molecule has 3 rings (SSSR count). The maximum Gasteiger partial charge on any atom is 0.146 e. The highest BCUT2D eigenvalue weighted by Gasteiger charge is 2.23. The molecule has 0 aromatic carbocycles. The molecular formula is C12H15N5O. The summed E-state index contributed by atoms with van der Waals surface area (Å²) < 4.78 is 1.77. The van der Waals surface area contributed by atoms with Crippen LogP contribution in [0.25, 0.3) is 11.0 Å². The van der Waals surface area contributed by atoms with Gasteiger partial charge in [-0.25, -0.2) is 9.97 Å². The van der Waals surface area contributed by atoms with E-state index in [1.807, 2.05) is 14.0 Å². The van der Waals surface area contributed by atoms with E-state index in [0.717, 1.165) is 16.7 Å². The smallest absolute Gasteiger partial charge is 0.146 e. The number of carbonyl (C=O) groups excluding carboxylic acids is 1. The third-order valence-electron chi connectivity index (χ3n) is 3.32. The molecule has 0 spiro atoms. The molecule has 3 heterocycles. The Morgan fingerprint density at radius 1 is 1.50 bits per heavy atom. The summed E-state index contributed by atoms with van der Waals surface area (Å²) in [7, 11) is 1.88. The Bertz CT molecular complexity index is 618. The van der Waals surface area contributed by atoms with Crippen molar-refractivity contribution in [2.75, 3.05) is 6.54 Å². The minimum Gasteiger partial charge on any atom is -0.306 e. The number of Topliss-reactive ketones (excluding diaryl/α,β-unsaturated/α-hetero) is 1. The van der Waals surface area contributed by atoms with Crippen molar-refractivity contribution in [3.8, 4) is 0 Å². The van der Waals surface area contributed by atoms with E-state index in [4.69, 9.17) is 0 Å². The molecule has 1 unspecified atom stereocenters. The van der Waals surface area contributed by atoms with Crippen LogP contribution in [0.2, 0.25) is 0 Å². The van der Waals surface area contributed by atoms with Gasteiger partial charge >= 0.3 is 0 Å². The van der Waals surface area contributed by atoms with E-state index in [0.29, 0.717) is 25.2 Å². The molecule has 0 aliphatic carbocycles. The predicted octanol–water partition coefficient (Wildman–Crippen LogP) is 0.665. The number of carbonyl (C=O) groups is 1. The first-order valence-corrected chi connectivity index (χ1v) is 6.06. The highest BCUT2D eigenvalue weighted by atomic mass is 16.1. The molecule has 0 bridgehead atoms. The van der Waals surface area contributed by atoms with Gasteiger partial charge < -0.3 is 5.32 Å². The van der Waals surface area contributed by atoms with E-state index < -0.39 is 0 Å². The Labute approximate surface area is 104 Å². The van der Waals surface area contributed by atoms with Crippen LogP contribution in [0.15, 0.2) is 6.20 Å². The average Bonchev–Trinajstić information content (AvgIpc) is 2.65. The minimum atomic E-state index is -0.0599. The number of rotatable bonds is 1. The van der Waals surface area contributed by atoms with Gasteiger partial charge in [0.2, 0.25) is 0 Å². The SMILES string of the molecule is Cc1nn(C)c2cnc(C3CC(=O)CCN3)nc12. The second-order valence-corrected chi connectivity index (χ2v) is 4.67. The molecule has 0 amide bonds. The summed E-state index contributed by atoms with van der Waals surface area (Å²) in [5, 5.41) is 7.60. The normalized spacial score (nSPS) is 20.6. The summed E-state index contributed by atoms with van der Waals surface area (Å²) in [4.78, 5) is 20.4. The maximum absolute atomic E-state index is 11.5. The van der Waals surface area contributed by atoms with Crippen LogP contribution < -0.4 is 5.32 Å². The number of fused-ring (bicyclic) bond motifs is 1. The molecule has 2 aromatic heterocycles. The third-order valence-corrected chi connectivity index (χ3v) is 3.32. The van der Waals surface area contributed by atoms with Gasteiger partial charge in [0.25, 0.3) is 0 Å². The van der Waals surface area contributed by atoms with Crippen molar-refractivity contribution in [3.63, 3.8) is 0 Å². The number of aryl methyl sites for hydroxylation is 2. The fourth-order valence-corrected chi connectivity index (χ4v) is 2.36. The lowest BCUT2D eigenvalue weighted by molar-refractivity contribution is -0.120. The molecule has 1 saturated heterocycles. The van der Waals surface area contributed by atoms with E-state index in [1.165, 1.54) is 0 Å². The van der Waals surface area contributed by atoms with Gasteiger partial charge in [0.15, 0.2) is 0 Å². The first kappa shape index (κ1) is 11.3. The van der Waals surface area contributed by atoms with Gasteiger partial charge in [-0.3, -0.25) is 9.48 Å². The van der Waals surface area contributed by atoms with Crippen molar-refractivity contribution in [1.82, 2.24) is 25.1 Å². The molecule has 1 aliphatic rings. The van der Waals surface area contributed by atoms with Crippen LogP contribution >= 0.6 is 0 Å². The molecular weight excluding hydrogens is 230 g/mol. The first-order chi connectivity index (χ1) is 8.65. The molecule has 0 saturated carbocycles. The largest absolute Gasteiger partial charge is 0.306 e. The maximum atomic E-state index is 11.5. The highest BCUT2D eigenvalue weighted by molar-refractivity contribution is 5.80. The van der Waals surface area contributed by atoms with Crippen molar-refractivity contribution < 1.29 is 4.79 Å². The van der Waals surface area contributed by atoms with Gasteiger partial charge in [0, 0.05) is 26.4 Å². The Morgan fingerprint density at radius 3 is 3.11 bits per heavy atom. The summed E-state index contributed by atoms with van der Waals surface area (Å²) in [5.74, 6) is 0.956. The standard InChI is InChI=1S/C12H15N5O/c1-7-11-10(17(2)16-7)6-14-12(15-11)9-5-8(18)3-4-13-9/h6,9,13H,3-5H2,1-2H3. The zero-order chi connectivity index (χ0) is 12.7. The van der Waals surface area contributed by atoms with Crippen LogP contribution in [-0.4, -0.2) is 32.1 Å². The number of nitrogens with zero attached hydrogens (tertiary/aromatic N) is 4. The van der Waals surface area contributed by atoms with Crippen LogP contribution in [0.1, 0.15) is 30.4 Å². The van der Waals surface area contributed by atoms with Gasteiger partial charge in [-0.15, -0.1) is 0 Å². The molecule has 1 fully saturated rings. The first-order valence-electron chi connectivity index (χ1n) is 6.06. The van der Waals surface area contributed by atoms with E-state index >= 15 is 0 Å². The summed E-state index contributed by atoms with van der Waals surface area (Å²) in [6.45, 7) is 2.63. The Hall–Kier alpha value is -1.82. The summed E-state index contributed by atoms with van der Waals surface area (Å²) in [6.07, 6.45) is 2.86. The third kappa shape index (κ3) is 1.78. The number of piperidine rings is 1. The highest BCUT2D eigenvalue weighted by Crippen LogP contribution is 2.21. The predicted molar refractivity (Wildman–Crippen MR) is 66.0 cm³/mol. The van der Waals surface area contributed by atoms with Crippen molar-refractivity contribution in [1.29, 1.82) is 0 Å². The van der Waals surface area contributed by atoms with Crippen LogP contribution in [0.5, 0.6) is 0 Å². The summed E-state index contributed by atoms with van der Waals surface area (Å²) in [5.41, 5.74) is 2.67. The van der Waals surface area contributed by atoms with Crippen molar-refractivity contribution in [3.05, 3.63) is 17.7 Å². The van der Waals surface area contributed by atoms with Crippen molar-refractivity contribution in [2.24, 2.45) is 7.05 Å². The van der Waals surface area contributed by atoms with Gasteiger partial charge in [-0.1, -0.05) is 0 Å². The number of hydrogen-bond donors (Lipinski definition) is 1. The Kier molecular flexibility index (Phi) is 2.59. The molecule has 1 N–H and O–H groups in total. The molecule has 1 atom stereocenters. The van der Waals surface area contributed by atoms with Crippen LogP contribution in [0, 0.1) is 6.92 Å². The van der Waals surface area contributed by atoms with Gasteiger partial charge in [-0.2, -0.15) is 5.10 Å². The molecule has 6 heteroatoms. The summed E-state index contributed by atoms with van der Waals surface area (Å²) in [6, 6.07) is -0.0599. The monoisotopic (exact) mass is 245 g/mol. The van der Waals surface area contributed by atoms with Crippen LogP contribution in [0.4, 0.5) is 0 Å². The van der Waals surface area contributed by atoms with Gasteiger partial charge in [0.1, 0.15) is 22.6 Å². The molecule has 94 valence electrons. The zero-order valence-corrected chi connectivity index (χ0v) is 10.5. The molecule has 0 radical (unpaired) electrons. The quantitative estimate of drug-likeness (QED) is 0.799. The van der Waals surface area contributed by atoms with Crippen molar-refractivity contribution in [2.45, 2.75) is 25.8 Å². The number of hydrogen-bond acceptors (Lipinski definition) is 5.